The quantitative estimate of drug-likeness (QED) is 0.550. The van der Waals surface area contributed by atoms with E-state index in [0.717, 1.165) is 6.42 Å². The molecule has 0 amide bonds. The van der Waals surface area contributed by atoms with Crippen molar-refractivity contribution in [3.8, 4) is 0 Å². The van der Waals surface area contributed by atoms with Gasteiger partial charge in [-0.3, -0.25) is 4.90 Å². The van der Waals surface area contributed by atoms with Crippen molar-refractivity contribution in [1.82, 2.24) is 9.62 Å². The summed E-state index contributed by atoms with van der Waals surface area (Å²) in [5.41, 5.74) is 1.17. The van der Waals surface area contributed by atoms with Crippen molar-refractivity contribution in [2.75, 3.05) is 26.7 Å². The number of nitrogens with one attached hydrogen (secondary N) is 1. The second-order valence-electron chi connectivity index (χ2n) is 7.26. The summed E-state index contributed by atoms with van der Waals surface area (Å²) in [5.74, 6) is 0. The number of ether oxygens (including phenoxy) is 1. The molecule has 29 heavy (non-hydrogen) atoms. The summed E-state index contributed by atoms with van der Waals surface area (Å²) in [4.78, 5) is 2.14. The van der Waals surface area contributed by atoms with Crippen molar-refractivity contribution in [3.05, 3.63) is 66.2 Å². The molecule has 1 saturated heterocycles. The van der Waals surface area contributed by atoms with Crippen LogP contribution in [0.4, 0.5) is 0 Å². The van der Waals surface area contributed by atoms with E-state index in [1.54, 1.807) is 18.2 Å². The molecule has 3 N–H and O–H groups in total. The second kappa shape index (κ2) is 9.80. The summed E-state index contributed by atoms with van der Waals surface area (Å²) in [6, 6.07) is 17.7. The van der Waals surface area contributed by atoms with Crippen LogP contribution in [0.1, 0.15) is 5.56 Å². The van der Waals surface area contributed by atoms with Gasteiger partial charge in [-0.1, -0.05) is 48.5 Å². The molecule has 0 aromatic heterocycles. The van der Waals surface area contributed by atoms with E-state index in [1.165, 1.54) is 17.7 Å². The zero-order chi connectivity index (χ0) is 20.9. The molecular weight excluding hydrogens is 392 g/mol. The highest BCUT2D eigenvalue weighted by Crippen LogP contribution is 2.25. The molecule has 0 saturated carbocycles. The number of rotatable bonds is 9. The average Bonchev–Trinajstić information content (AvgIpc) is 3.07. The Morgan fingerprint density at radius 1 is 1.03 bits per heavy atom. The molecule has 7 nitrogen and oxygen atoms in total. The first-order chi connectivity index (χ1) is 13.9. The first-order valence-electron chi connectivity index (χ1n) is 9.65. The highest BCUT2D eigenvalue weighted by Gasteiger charge is 2.45. The molecular formula is C21H28N2O5S. The molecule has 0 bridgehead atoms. The second-order valence-corrected chi connectivity index (χ2v) is 9.02. The zero-order valence-corrected chi connectivity index (χ0v) is 17.2. The summed E-state index contributed by atoms with van der Waals surface area (Å²) >= 11 is 0. The molecule has 3 rings (SSSR count). The van der Waals surface area contributed by atoms with E-state index in [-0.39, 0.29) is 18.0 Å². The van der Waals surface area contributed by atoms with Gasteiger partial charge in [-0.25, -0.2) is 13.1 Å². The molecule has 8 heteroatoms. The maximum Gasteiger partial charge on any atom is 0.240 e. The van der Waals surface area contributed by atoms with Crippen molar-refractivity contribution in [2.45, 2.75) is 35.7 Å². The number of sulfonamides is 1. The number of benzene rings is 2. The van der Waals surface area contributed by atoms with Crippen LogP contribution in [-0.4, -0.2) is 74.6 Å². The number of likely N-dealkylation sites (N-methyl/N-ethyl adjacent to an activating group) is 1. The van der Waals surface area contributed by atoms with E-state index in [1.807, 2.05) is 42.3 Å². The summed E-state index contributed by atoms with van der Waals surface area (Å²) in [7, 11) is -1.81. The lowest BCUT2D eigenvalue weighted by molar-refractivity contribution is -0.0201. The Morgan fingerprint density at radius 2 is 1.66 bits per heavy atom. The summed E-state index contributed by atoms with van der Waals surface area (Å²) < 4.78 is 33.4. The van der Waals surface area contributed by atoms with Gasteiger partial charge in [-0.2, -0.15) is 0 Å². The Labute approximate surface area is 172 Å². The number of nitrogens with zero attached hydrogens (tertiary/aromatic N) is 1. The van der Waals surface area contributed by atoms with Crippen LogP contribution < -0.4 is 4.72 Å². The minimum atomic E-state index is -3.69. The Hall–Kier alpha value is -1.81. The zero-order valence-electron chi connectivity index (χ0n) is 16.4. The molecule has 2 aromatic carbocycles. The Morgan fingerprint density at radius 3 is 2.28 bits per heavy atom. The monoisotopic (exact) mass is 420 g/mol. The van der Waals surface area contributed by atoms with Gasteiger partial charge < -0.3 is 14.9 Å². The van der Waals surface area contributed by atoms with E-state index < -0.39 is 34.4 Å². The molecule has 0 radical (unpaired) electrons. The van der Waals surface area contributed by atoms with Gasteiger partial charge in [0, 0.05) is 13.1 Å². The molecule has 4 atom stereocenters. The molecule has 0 aliphatic carbocycles. The molecule has 1 aliphatic rings. The van der Waals surface area contributed by atoms with Crippen LogP contribution in [0.15, 0.2) is 65.6 Å². The highest BCUT2D eigenvalue weighted by molar-refractivity contribution is 7.89. The third-order valence-corrected chi connectivity index (χ3v) is 6.71. The number of hydrogen-bond donors (Lipinski definition) is 3. The van der Waals surface area contributed by atoms with Crippen molar-refractivity contribution in [2.24, 2.45) is 0 Å². The van der Waals surface area contributed by atoms with E-state index in [0.29, 0.717) is 6.54 Å². The summed E-state index contributed by atoms with van der Waals surface area (Å²) in [6.45, 7) is 0.340. The smallest absolute Gasteiger partial charge is 0.240 e. The fraction of sp³-hybridized carbons (Fsp3) is 0.429. The highest BCUT2D eigenvalue weighted by atomic mass is 32.2. The predicted molar refractivity (Wildman–Crippen MR) is 110 cm³/mol. The maximum atomic E-state index is 12.5. The fourth-order valence-electron chi connectivity index (χ4n) is 3.66. The van der Waals surface area contributed by atoms with E-state index in [4.69, 9.17) is 4.74 Å². The average molecular weight is 421 g/mol. The lowest BCUT2D eigenvalue weighted by Gasteiger charge is -2.30. The lowest BCUT2D eigenvalue weighted by atomic mass is 10.0. The minimum absolute atomic E-state index is 0.00509. The summed E-state index contributed by atoms with van der Waals surface area (Å²) in [5, 5.41) is 20.2. The first-order valence-corrected chi connectivity index (χ1v) is 11.1. The maximum absolute atomic E-state index is 12.5. The van der Waals surface area contributed by atoms with Crippen molar-refractivity contribution in [1.29, 1.82) is 0 Å². The van der Waals surface area contributed by atoms with Crippen LogP contribution in [0.25, 0.3) is 0 Å². The Balaban J connectivity index is 1.66. The van der Waals surface area contributed by atoms with Gasteiger partial charge in [0.05, 0.1) is 23.6 Å². The standard InChI is InChI=1S/C21H28N2O5S/c1-23(13-12-16-8-4-2-5-9-16)20-18(28-19(15-24)21(20)25)14-22-29(26,27)17-10-6-3-7-11-17/h2-11,18-22,24-25H,12-15H2,1H3/t18-,19+,20+,21-/m1/s1. The molecule has 0 unspecified atom stereocenters. The topological polar surface area (TPSA) is 99.1 Å². The van der Waals surface area contributed by atoms with Gasteiger partial charge in [0.15, 0.2) is 0 Å². The number of hydrogen-bond acceptors (Lipinski definition) is 6. The summed E-state index contributed by atoms with van der Waals surface area (Å²) in [6.07, 6.45) is -1.45. The van der Waals surface area contributed by atoms with E-state index >= 15 is 0 Å². The van der Waals surface area contributed by atoms with Crippen LogP contribution in [0.2, 0.25) is 0 Å². The Bertz CT molecular complexity index is 863. The van der Waals surface area contributed by atoms with Gasteiger partial charge in [0.2, 0.25) is 10.0 Å². The molecule has 158 valence electrons. The van der Waals surface area contributed by atoms with E-state index in [2.05, 4.69) is 4.72 Å². The van der Waals surface area contributed by atoms with Gasteiger partial charge in [0.1, 0.15) is 12.2 Å². The van der Waals surface area contributed by atoms with Crippen LogP contribution in [-0.2, 0) is 21.2 Å². The molecule has 1 heterocycles. The van der Waals surface area contributed by atoms with Crippen LogP contribution >= 0.6 is 0 Å². The number of aliphatic hydroxyl groups is 2. The van der Waals surface area contributed by atoms with Crippen molar-refractivity contribution < 1.29 is 23.4 Å². The van der Waals surface area contributed by atoms with E-state index in [9.17, 15) is 18.6 Å². The lowest BCUT2D eigenvalue weighted by Crippen LogP contribution is -2.50. The Kier molecular flexibility index (Phi) is 7.39. The number of aliphatic hydroxyl groups excluding tert-OH is 2. The van der Waals surface area contributed by atoms with Gasteiger partial charge >= 0.3 is 0 Å². The van der Waals surface area contributed by atoms with Crippen LogP contribution in [0.3, 0.4) is 0 Å². The largest absolute Gasteiger partial charge is 0.394 e. The first kappa shape index (κ1) is 21.9. The predicted octanol–water partition coefficient (Wildman–Crippen LogP) is 0.629. The van der Waals surface area contributed by atoms with Gasteiger partial charge in [-0.15, -0.1) is 0 Å². The molecule has 2 aromatic rings. The molecule has 1 fully saturated rings. The minimum Gasteiger partial charge on any atom is -0.394 e. The SMILES string of the molecule is CN(CCc1ccccc1)[C@@H]1[C@H](O)[C@H](CO)O[C@@H]1CNS(=O)(=O)c1ccccc1. The van der Waals surface area contributed by atoms with Crippen molar-refractivity contribution in [3.63, 3.8) is 0 Å². The van der Waals surface area contributed by atoms with Crippen molar-refractivity contribution >= 4 is 10.0 Å². The van der Waals surface area contributed by atoms with Gasteiger partial charge in [-0.05, 0) is 31.2 Å². The molecule has 1 aliphatic heterocycles. The normalized spacial score (nSPS) is 24.8. The third-order valence-electron chi connectivity index (χ3n) is 5.27. The van der Waals surface area contributed by atoms with Crippen LogP contribution in [0, 0.1) is 0 Å². The van der Waals surface area contributed by atoms with Crippen LogP contribution in [0.5, 0.6) is 0 Å². The third kappa shape index (κ3) is 5.42. The van der Waals surface area contributed by atoms with Gasteiger partial charge in [0.25, 0.3) is 0 Å². The molecule has 0 spiro atoms. The fourth-order valence-corrected chi connectivity index (χ4v) is 4.73.